The first-order valence-corrected chi connectivity index (χ1v) is 3.96. The van der Waals surface area contributed by atoms with Crippen LogP contribution in [0.2, 0.25) is 0 Å². The molecule has 0 spiro atoms. The highest BCUT2D eigenvalue weighted by Gasteiger charge is 2.53. The average Bonchev–Trinajstić information content (AvgIpc) is 2.26. The quantitative estimate of drug-likeness (QED) is 0.465. The van der Waals surface area contributed by atoms with Crippen LogP contribution in [0.3, 0.4) is 0 Å². The molecule has 0 aliphatic heterocycles. The van der Waals surface area contributed by atoms with E-state index in [-0.39, 0.29) is 0 Å². The molecule has 0 saturated heterocycles. The van der Waals surface area contributed by atoms with Crippen LogP contribution in [-0.2, 0) is 0 Å². The van der Waals surface area contributed by atoms with E-state index in [1.165, 1.54) is 12.8 Å². The first-order chi connectivity index (χ1) is 3.80. The molecule has 0 amide bonds. The zero-order valence-electron chi connectivity index (χ0n) is 4.48. The van der Waals surface area contributed by atoms with Crippen molar-refractivity contribution in [3.8, 4) is 0 Å². The number of hydrogen-bond acceptors (Lipinski definition) is 0. The molecule has 3 aliphatic rings. The van der Waals surface area contributed by atoms with E-state index >= 15 is 0 Å². The zero-order valence-corrected chi connectivity index (χ0v) is 5.99. The Hall–Kier alpha value is 0.580. The lowest BCUT2D eigenvalue weighted by molar-refractivity contribution is 0.324. The second-order valence-electron chi connectivity index (χ2n) is 2.79. The molecule has 46 valence electrons. The molecule has 3 fully saturated rings. The Morgan fingerprint density at radius 1 is 0.875 bits per heavy atom. The fourth-order valence-electron chi connectivity index (χ4n) is 1.86. The summed E-state index contributed by atoms with van der Waals surface area (Å²) in [7, 11) is 0. The fourth-order valence-corrected chi connectivity index (χ4v) is 3.14. The van der Waals surface area contributed by atoms with Gasteiger partial charge in [-0.2, -0.15) is 0 Å². The monoisotopic (exact) mass is 150 g/mol. The van der Waals surface area contributed by atoms with Gasteiger partial charge in [0.2, 0.25) is 0 Å². The molecule has 3 rings (SSSR count). The standard InChI is InChI=1S/C6H8Cl2/c7-5-3-1-2-4(5)6(3)8/h3-6H,1-2H2. The van der Waals surface area contributed by atoms with Gasteiger partial charge in [-0.25, -0.2) is 0 Å². The molecule has 0 N–H and O–H groups in total. The van der Waals surface area contributed by atoms with E-state index in [9.17, 15) is 0 Å². The highest BCUT2D eigenvalue weighted by Crippen LogP contribution is 2.54. The minimum absolute atomic E-state index is 0.428. The number of halogens is 2. The van der Waals surface area contributed by atoms with E-state index in [0.717, 1.165) is 0 Å². The van der Waals surface area contributed by atoms with Gasteiger partial charge in [-0.1, -0.05) is 0 Å². The number of fused-ring (bicyclic) bond motifs is 1. The third kappa shape index (κ3) is 0.440. The highest BCUT2D eigenvalue weighted by molar-refractivity contribution is 6.27. The van der Waals surface area contributed by atoms with Gasteiger partial charge in [-0.15, -0.1) is 23.2 Å². The van der Waals surface area contributed by atoms with Gasteiger partial charge in [0.1, 0.15) is 0 Å². The molecule has 0 aromatic rings. The molecule has 3 saturated carbocycles. The van der Waals surface area contributed by atoms with Gasteiger partial charge < -0.3 is 0 Å². The second-order valence-corrected chi connectivity index (χ2v) is 3.80. The minimum atomic E-state index is 0.428. The van der Waals surface area contributed by atoms with Gasteiger partial charge in [0.05, 0.1) is 0 Å². The molecule has 0 aromatic heterocycles. The first-order valence-electron chi connectivity index (χ1n) is 3.09. The van der Waals surface area contributed by atoms with Gasteiger partial charge >= 0.3 is 0 Å². The first kappa shape index (κ1) is 5.37. The van der Waals surface area contributed by atoms with Crippen molar-refractivity contribution in [1.29, 1.82) is 0 Å². The molecule has 0 heterocycles. The van der Waals surface area contributed by atoms with Crippen LogP contribution in [0.1, 0.15) is 12.8 Å². The Morgan fingerprint density at radius 3 is 1.38 bits per heavy atom. The van der Waals surface area contributed by atoms with Crippen LogP contribution in [0.25, 0.3) is 0 Å². The van der Waals surface area contributed by atoms with E-state index in [4.69, 9.17) is 23.2 Å². The normalized spacial score (nSPS) is 60.8. The van der Waals surface area contributed by atoms with E-state index in [2.05, 4.69) is 0 Å². The SMILES string of the molecule is ClC1C2CCC1C2Cl. The number of alkyl halides is 2. The fraction of sp³-hybridized carbons (Fsp3) is 1.00. The Kier molecular flexibility index (Phi) is 1.04. The van der Waals surface area contributed by atoms with Crippen molar-refractivity contribution in [2.24, 2.45) is 11.8 Å². The predicted molar refractivity (Wildman–Crippen MR) is 35.5 cm³/mol. The minimum Gasteiger partial charge on any atom is -0.122 e. The van der Waals surface area contributed by atoms with Crippen molar-refractivity contribution < 1.29 is 0 Å². The summed E-state index contributed by atoms with van der Waals surface area (Å²) in [6.07, 6.45) is 2.54. The molecule has 3 aliphatic carbocycles. The summed E-state index contributed by atoms with van der Waals surface area (Å²) in [6, 6.07) is 0. The largest absolute Gasteiger partial charge is 0.122 e. The summed E-state index contributed by atoms with van der Waals surface area (Å²) in [6.45, 7) is 0. The number of hydrogen-bond donors (Lipinski definition) is 0. The van der Waals surface area contributed by atoms with E-state index in [0.29, 0.717) is 22.6 Å². The lowest BCUT2D eigenvalue weighted by Gasteiger charge is -2.36. The molecule has 2 heteroatoms. The van der Waals surface area contributed by atoms with E-state index in [1.54, 1.807) is 0 Å². The van der Waals surface area contributed by atoms with Crippen LogP contribution in [-0.4, -0.2) is 10.8 Å². The summed E-state index contributed by atoms with van der Waals surface area (Å²) in [5, 5.41) is 0.856. The predicted octanol–water partition coefficient (Wildman–Crippen LogP) is 2.24. The van der Waals surface area contributed by atoms with Crippen molar-refractivity contribution in [3.05, 3.63) is 0 Å². The molecule has 0 atom stereocenters. The van der Waals surface area contributed by atoms with Gasteiger partial charge in [-0.05, 0) is 24.7 Å². The van der Waals surface area contributed by atoms with Crippen molar-refractivity contribution in [2.75, 3.05) is 0 Å². The van der Waals surface area contributed by atoms with E-state index in [1.807, 2.05) is 0 Å². The van der Waals surface area contributed by atoms with Gasteiger partial charge in [0.25, 0.3) is 0 Å². The Labute approximate surface area is 59.2 Å². The summed E-state index contributed by atoms with van der Waals surface area (Å²) < 4.78 is 0. The molecule has 0 radical (unpaired) electrons. The molecular weight excluding hydrogens is 143 g/mol. The lowest BCUT2D eigenvalue weighted by atomic mass is 9.83. The van der Waals surface area contributed by atoms with Crippen LogP contribution in [0.4, 0.5) is 0 Å². The Bertz CT molecular complexity index is 91.1. The maximum absolute atomic E-state index is 5.92. The summed E-state index contributed by atoms with van der Waals surface area (Å²) >= 11 is 11.8. The summed E-state index contributed by atoms with van der Waals surface area (Å²) in [5.41, 5.74) is 0. The van der Waals surface area contributed by atoms with Crippen molar-refractivity contribution in [3.63, 3.8) is 0 Å². The molecule has 8 heavy (non-hydrogen) atoms. The molecule has 0 aromatic carbocycles. The van der Waals surface area contributed by atoms with Gasteiger partial charge in [-0.3, -0.25) is 0 Å². The van der Waals surface area contributed by atoms with Gasteiger partial charge in [0, 0.05) is 10.8 Å². The van der Waals surface area contributed by atoms with Crippen LogP contribution >= 0.6 is 23.2 Å². The van der Waals surface area contributed by atoms with E-state index < -0.39 is 0 Å². The summed E-state index contributed by atoms with van der Waals surface area (Å²) in [4.78, 5) is 0. The van der Waals surface area contributed by atoms with Crippen molar-refractivity contribution in [1.82, 2.24) is 0 Å². The van der Waals surface area contributed by atoms with Crippen LogP contribution in [0.5, 0.6) is 0 Å². The zero-order chi connectivity index (χ0) is 5.72. The summed E-state index contributed by atoms with van der Waals surface area (Å²) in [5.74, 6) is 1.31. The van der Waals surface area contributed by atoms with Crippen LogP contribution in [0.15, 0.2) is 0 Å². The Balaban J connectivity index is 2.15. The maximum Gasteiger partial charge on any atom is 0.0420 e. The van der Waals surface area contributed by atoms with Crippen molar-refractivity contribution in [2.45, 2.75) is 23.6 Å². The molecular formula is C6H8Cl2. The molecule has 0 nitrogen and oxygen atoms in total. The van der Waals surface area contributed by atoms with Crippen LogP contribution < -0.4 is 0 Å². The van der Waals surface area contributed by atoms with Crippen molar-refractivity contribution >= 4 is 23.2 Å². The Morgan fingerprint density at radius 2 is 1.25 bits per heavy atom. The third-order valence-corrected chi connectivity index (χ3v) is 3.76. The second kappa shape index (κ2) is 1.54. The average molecular weight is 151 g/mol. The lowest BCUT2D eigenvalue weighted by Crippen LogP contribution is -2.41. The molecule has 0 unspecified atom stereocenters. The molecule has 2 bridgehead atoms. The third-order valence-electron chi connectivity index (χ3n) is 2.47. The van der Waals surface area contributed by atoms with Crippen LogP contribution in [0, 0.1) is 11.8 Å². The topological polar surface area (TPSA) is 0 Å². The maximum atomic E-state index is 5.92. The van der Waals surface area contributed by atoms with Gasteiger partial charge in [0.15, 0.2) is 0 Å². The highest BCUT2D eigenvalue weighted by atomic mass is 35.5. The number of rotatable bonds is 0. The smallest absolute Gasteiger partial charge is 0.0420 e.